The van der Waals surface area contributed by atoms with Crippen LogP contribution in [0, 0.1) is 0 Å². The molecule has 1 N–H and O–H groups in total. The lowest BCUT2D eigenvalue weighted by molar-refractivity contribution is -0.137. The second-order valence-corrected chi connectivity index (χ2v) is 5.86. The molecular formula is C19H22N2O2. The van der Waals surface area contributed by atoms with Crippen LogP contribution in [0.25, 0.3) is 11.1 Å². The van der Waals surface area contributed by atoms with Gasteiger partial charge in [0.05, 0.1) is 6.42 Å². The molecule has 1 heterocycles. The molecule has 1 aliphatic heterocycles. The summed E-state index contributed by atoms with van der Waals surface area (Å²) in [6.45, 7) is 4.34. The fraction of sp³-hybridized carbons (Fsp3) is 0.316. The summed E-state index contributed by atoms with van der Waals surface area (Å²) in [4.78, 5) is 15.3. The molecule has 0 saturated carbocycles. The zero-order valence-corrected chi connectivity index (χ0v) is 13.2. The van der Waals surface area contributed by atoms with E-state index in [1.54, 1.807) is 0 Å². The Morgan fingerprint density at radius 2 is 1.57 bits per heavy atom. The smallest absolute Gasteiger partial charge is 0.304 e. The van der Waals surface area contributed by atoms with Gasteiger partial charge in [-0.2, -0.15) is 0 Å². The van der Waals surface area contributed by atoms with Crippen molar-refractivity contribution >= 4 is 11.7 Å². The number of aliphatic carboxylic acids is 1. The van der Waals surface area contributed by atoms with Crippen LogP contribution in [0.3, 0.4) is 0 Å². The number of nitrogens with zero attached hydrogens (tertiary/aromatic N) is 2. The predicted octanol–water partition coefficient (Wildman–Crippen LogP) is 2.95. The zero-order chi connectivity index (χ0) is 16.1. The van der Waals surface area contributed by atoms with Gasteiger partial charge in [-0.1, -0.05) is 48.5 Å². The van der Waals surface area contributed by atoms with Gasteiger partial charge < -0.3 is 10.0 Å². The molecule has 23 heavy (non-hydrogen) atoms. The fourth-order valence-corrected chi connectivity index (χ4v) is 3.08. The Bertz CT molecular complexity index is 649. The van der Waals surface area contributed by atoms with Gasteiger partial charge in [0.2, 0.25) is 0 Å². The summed E-state index contributed by atoms with van der Waals surface area (Å²) in [5, 5.41) is 8.80. The first-order chi connectivity index (χ1) is 11.2. The number of benzene rings is 2. The molecule has 3 rings (SSSR count). The molecule has 1 aliphatic rings. The molecule has 4 heteroatoms. The lowest BCUT2D eigenvalue weighted by Crippen LogP contribution is -2.47. The van der Waals surface area contributed by atoms with E-state index in [1.807, 2.05) is 6.07 Å². The van der Waals surface area contributed by atoms with Crippen LogP contribution in [0.2, 0.25) is 0 Å². The average Bonchev–Trinajstić information content (AvgIpc) is 2.61. The van der Waals surface area contributed by atoms with Gasteiger partial charge in [0.15, 0.2) is 0 Å². The molecule has 120 valence electrons. The Morgan fingerprint density at radius 1 is 0.913 bits per heavy atom. The molecular weight excluding hydrogens is 288 g/mol. The lowest BCUT2D eigenvalue weighted by Gasteiger charge is -2.36. The minimum atomic E-state index is -0.721. The molecule has 4 nitrogen and oxygen atoms in total. The molecule has 0 aliphatic carbocycles. The van der Waals surface area contributed by atoms with Crippen molar-refractivity contribution in [2.75, 3.05) is 37.6 Å². The number of carboxylic acids is 1. The number of hydrogen-bond donors (Lipinski definition) is 1. The summed E-state index contributed by atoms with van der Waals surface area (Å²) in [6, 6.07) is 19.0. The summed E-state index contributed by atoms with van der Waals surface area (Å²) in [7, 11) is 0. The monoisotopic (exact) mass is 310 g/mol. The van der Waals surface area contributed by atoms with E-state index in [4.69, 9.17) is 5.11 Å². The number of anilines is 1. The molecule has 0 atom stereocenters. The van der Waals surface area contributed by atoms with Gasteiger partial charge in [0, 0.05) is 44.0 Å². The summed E-state index contributed by atoms with van der Waals surface area (Å²) in [6.07, 6.45) is 0.223. The highest BCUT2D eigenvalue weighted by atomic mass is 16.4. The molecule has 0 spiro atoms. The molecule has 0 unspecified atom stereocenters. The molecule has 2 aromatic rings. The number of carboxylic acid groups (broad SMARTS) is 1. The van der Waals surface area contributed by atoms with Crippen molar-refractivity contribution in [1.82, 2.24) is 4.90 Å². The maximum absolute atomic E-state index is 10.7. The molecule has 0 amide bonds. The number of rotatable bonds is 5. The Balaban J connectivity index is 1.71. The summed E-state index contributed by atoms with van der Waals surface area (Å²) in [5.74, 6) is -0.721. The minimum Gasteiger partial charge on any atom is -0.481 e. The van der Waals surface area contributed by atoms with Crippen molar-refractivity contribution < 1.29 is 9.90 Å². The van der Waals surface area contributed by atoms with Crippen molar-refractivity contribution in [3.8, 4) is 11.1 Å². The van der Waals surface area contributed by atoms with E-state index < -0.39 is 5.97 Å². The highest BCUT2D eigenvalue weighted by Gasteiger charge is 2.19. The second kappa shape index (κ2) is 7.29. The quantitative estimate of drug-likeness (QED) is 0.922. The summed E-state index contributed by atoms with van der Waals surface area (Å²) in [5.41, 5.74) is 3.75. The molecule has 2 aromatic carbocycles. The van der Waals surface area contributed by atoms with Gasteiger partial charge >= 0.3 is 5.97 Å². The lowest BCUT2D eigenvalue weighted by atomic mass is 10.0. The third kappa shape index (κ3) is 3.90. The Kier molecular flexibility index (Phi) is 4.93. The first-order valence-corrected chi connectivity index (χ1v) is 8.07. The van der Waals surface area contributed by atoms with Gasteiger partial charge in [-0.15, -0.1) is 0 Å². The number of piperazine rings is 1. The second-order valence-electron chi connectivity index (χ2n) is 5.86. The maximum Gasteiger partial charge on any atom is 0.304 e. The largest absolute Gasteiger partial charge is 0.481 e. The number of para-hydroxylation sites is 1. The van der Waals surface area contributed by atoms with Crippen LogP contribution in [0.15, 0.2) is 54.6 Å². The molecule has 1 saturated heterocycles. The van der Waals surface area contributed by atoms with Crippen molar-refractivity contribution in [3.63, 3.8) is 0 Å². The van der Waals surface area contributed by atoms with Crippen molar-refractivity contribution in [2.45, 2.75) is 6.42 Å². The highest BCUT2D eigenvalue weighted by Crippen LogP contribution is 2.31. The predicted molar refractivity (Wildman–Crippen MR) is 92.8 cm³/mol. The third-order valence-corrected chi connectivity index (χ3v) is 4.34. The first-order valence-electron chi connectivity index (χ1n) is 8.07. The van der Waals surface area contributed by atoms with E-state index in [9.17, 15) is 4.79 Å². The standard InChI is InChI=1S/C19H22N2O2/c22-19(23)10-11-20-12-14-21(15-13-20)18-9-5-4-8-17(18)16-6-2-1-3-7-16/h1-9H,10-15H2,(H,22,23). The maximum atomic E-state index is 10.7. The number of hydrogen-bond acceptors (Lipinski definition) is 3. The third-order valence-electron chi connectivity index (χ3n) is 4.34. The van der Waals surface area contributed by atoms with Gasteiger partial charge in [-0.05, 0) is 11.6 Å². The summed E-state index contributed by atoms with van der Waals surface area (Å²) >= 11 is 0. The molecule has 0 aromatic heterocycles. The van der Waals surface area contributed by atoms with Crippen molar-refractivity contribution in [3.05, 3.63) is 54.6 Å². The Hall–Kier alpha value is -2.33. The Morgan fingerprint density at radius 3 is 2.26 bits per heavy atom. The number of carbonyl (C=O) groups is 1. The van der Waals surface area contributed by atoms with Crippen LogP contribution < -0.4 is 4.90 Å². The molecule has 0 radical (unpaired) electrons. The van der Waals surface area contributed by atoms with Crippen LogP contribution >= 0.6 is 0 Å². The molecule has 1 fully saturated rings. The van der Waals surface area contributed by atoms with Crippen LogP contribution in [0.4, 0.5) is 5.69 Å². The fourth-order valence-electron chi connectivity index (χ4n) is 3.08. The molecule has 0 bridgehead atoms. The van der Waals surface area contributed by atoms with E-state index in [1.165, 1.54) is 16.8 Å². The highest BCUT2D eigenvalue weighted by molar-refractivity contribution is 5.78. The van der Waals surface area contributed by atoms with Crippen molar-refractivity contribution in [2.24, 2.45) is 0 Å². The first kappa shape index (κ1) is 15.6. The van der Waals surface area contributed by atoms with Crippen LogP contribution in [-0.2, 0) is 4.79 Å². The summed E-state index contributed by atoms with van der Waals surface area (Å²) < 4.78 is 0. The van der Waals surface area contributed by atoms with Crippen molar-refractivity contribution in [1.29, 1.82) is 0 Å². The van der Waals surface area contributed by atoms with E-state index >= 15 is 0 Å². The van der Waals surface area contributed by atoms with E-state index in [2.05, 4.69) is 58.3 Å². The zero-order valence-electron chi connectivity index (χ0n) is 13.2. The topological polar surface area (TPSA) is 43.8 Å². The van der Waals surface area contributed by atoms with Crippen LogP contribution in [0.1, 0.15) is 6.42 Å². The van der Waals surface area contributed by atoms with E-state index in [-0.39, 0.29) is 6.42 Å². The van der Waals surface area contributed by atoms with Crippen LogP contribution in [0.5, 0.6) is 0 Å². The normalized spacial score (nSPS) is 15.6. The SMILES string of the molecule is O=C(O)CCN1CCN(c2ccccc2-c2ccccc2)CC1. The Labute approximate surface area is 137 Å². The van der Waals surface area contributed by atoms with Gasteiger partial charge in [-0.25, -0.2) is 0 Å². The average molecular weight is 310 g/mol. The van der Waals surface area contributed by atoms with E-state index in [0.29, 0.717) is 6.54 Å². The van der Waals surface area contributed by atoms with Gasteiger partial charge in [0.25, 0.3) is 0 Å². The minimum absolute atomic E-state index is 0.223. The van der Waals surface area contributed by atoms with E-state index in [0.717, 1.165) is 26.2 Å². The van der Waals surface area contributed by atoms with Gasteiger partial charge in [0.1, 0.15) is 0 Å². The van der Waals surface area contributed by atoms with Gasteiger partial charge in [-0.3, -0.25) is 9.69 Å². The van der Waals surface area contributed by atoms with Crippen LogP contribution in [-0.4, -0.2) is 48.7 Å².